The van der Waals surface area contributed by atoms with Crippen LogP contribution in [0.3, 0.4) is 0 Å². The lowest BCUT2D eigenvalue weighted by Gasteiger charge is -2.25. The zero-order valence-corrected chi connectivity index (χ0v) is 25.0. The highest BCUT2D eigenvalue weighted by Gasteiger charge is 2.33. The molecule has 1 amide bonds. The second kappa shape index (κ2) is 11.7. The summed E-state index contributed by atoms with van der Waals surface area (Å²) in [4.78, 5) is 31.8. The van der Waals surface area contributed by atoms with Crippen LogP contribution >= 0.6 is 17.0 Å². The third kappa shape index (κ3) is 6.62. The molecule has 0 spiro atoms. The van der Waals surface area contributed by atoms with Crippen LogP contribution in [0.25, 0.3) is 0 Å². The summed E-state index contributed by atoms with van der Waals surface area (Å²) in [6.45, 7) is 7.91. The standard InChI is InChI=1S/C25H32N4O7S.BrH/c1-8-35-20-9-14-12-29(23(26)21(14)28-22(20)24(31)27-5)13-17(30)15-10-19(36-37(7,32)33)18(34-6)11-16(15)25(2,3)4;/h9-11,26H,8,12-13H2,1-7H3,(H,27,31);1H. The van der Waals surface area contributed by atoms with Gasteiger partial charge in [-0.05, 0) is 36.1 Å². The Morgan fingerprint density at radius 2 is 1.82 bits per heavy atom. The van der Waals surface area contributed by atoms with Crippen molar-refractivity contribution >= 4 is 44.6 Å². The number of fused-ring (bicyclic) bond motifs is 1. The van der Waals surface area contributed by atoms with Crippen LogP contribution in [0.15, 0.2) is 18.2 Å². The van der Waals surface area contributed by atoms with Gasteiger partial charge in [0.05, 0.1) is 26.5 Å². The Balaban J connectivity index is 0.00000507. The van der Waals surface area contributed by atoms with Gasteiger partial charge in [0.2, 0.25) is 0 Å². The monoisotopic (exact) mass is 612 g/mol. The van der Waals surface area contributed by atoms with Crippen LogP contribution in [0, 0.1) is 5.41 Å². The van der Waals surface area contributed by atoms with Gasteiger partial charge in [-0.1, -0.05) is 20.8 Å². The number of hydrogen-bond donors (Lipinski definition) is 2. The highest BCUT2D eigenvalue weighted by Crippen LogP contribution is 2.38. The summed E-state index contributed by atoms with van der Waals surface area (Å²) in [5.41, 5.74) is 1.41. The van der Waals surface area contributed by atoms with Gasteiger partial charge in [0.15, 0.2) is 28.7 Å². The Morgan fingerprint density at radius 1 is 1.16 bits per heavy atom. The minimum Gasteiger partial charge on any atom is -0.493 e. The molecule has 38 heavy (non-hydrogen) atoms. The maximum Gasteiger partial charge on any atom is 0.306 e. The molecule has 2 N–H and O–H groups in total. The number of amides is 1. The second-order valence-electron chi connectivity index (χ2n) is 9.57. The number of hydrogen-bond acceptors (Lipinski definition) is 9. The molecule has 1 aromatic heterocycles. The number of halogens is 1. The Morgan fingerprint density at radius 3 is 2.34 bits per heavy atom. The van der Waals surface area contributed by atoms with Gasteiger partial charge < -0.3 is 23.9 Å². The van der Waals surface area contributed by atoms with E-state index in [0.29, 0.717) is 29.2 Å². The molecular formula is C25H33BrN4O7S. The largest absolute Gasteiger partial charge is 0.493 e. The minimum atomic E-state index is -3.88. The van der Waals surface area contributed by atoms with E-state index < -0.39 is 21.4 Å². The van der Waals surface area contributed by atoms with E-state index in [1.807, 2.05) is 20.8 Å². The zero-order valence-electron chi connectivity index (χ0n) is 22.4. The number of benzene rings is 1. The number of methoxy groups -OCH3 is 1. The third-order valence-corrected chi connectivity index (χ3v) is 6.18. The van der Waals surface area contributed by atoms with E-state index in [1.54, 1.807) is 19.1 Å². The summed E-state index contributed by atoms with van der Waals surface area (Å²) in [5.74, 6) is -0.411. The molecule has 0 radical (unpaired) electrons. The molecule has 13 heteroatoms. The molecule has 2 heterocycles. The highest BCUT2D eigenvalue weighted by molar-refractivity contribution is 8.93. The van der Waals surface area contributed by atoms with Gasteiger partial charge in [-0.3, -0.25) is 15.0 Å². The summed E-state index contributed by atoms with van der Waals surface area (Å²) >= 11 is 0. The number of Topliss-reactive ketones (excluding diaryl/α,β-unsaturated/α-hetero) is 1. The average molecular weight is 614 g/mol. The Hall–Kier alpha value is -3.19. The van der Waals surface area contributed by atoms with E-state index in [9.17, 15) is 18.0 Å². The summed E-state index contributed by atoms with van der Waals surface area (Å²) in [6.07, 6.45) is 0.908. The van der Waals surface area contributed by atoms with Crippen LogP contribution in [-0.2, 0) is 22.1 Å². The molecule has 2 aromatic rings. The SMILES string of the molecule is Br.CCOc1cc2c(nc1C(=O)NC)C(=N)N(CC(=O)c1cc(OS(C)(=O)=O)c(OC)cc1C(C)(C)C)C2. The van der Waals surface area contributed by atoms with Crippen LogP contribution in [-0.4, -0.2) is 69.4 Å². The predicted molar refractivity (Wildman–Crippen MR) is 148 cm³/mol. The topological polar surface area (TPSA) is 148 Å². The van der Waals surface area contributed by atoms with E-state index in [-0.39, 0.29) is 64.4 Å². The number of carbonyl (C=O) groups is 2. The van der Waals surface area contributed by atoms with E-state index in [4.69, 9.17) is 19.1 Å². The molecule has 3 rings (SSSR count). The molecule has 0 bridgehead atoms. The van der Waals surface area contributed by atoms with E-state index in [1.165, 1.54) is 25.1 Å². The van der Waals surface area contributed by atoms with E-state index in [2.05, 4.69) is 10.3 Å². The normalized spacial score (nSPS) is 12.9. The fourth-order valence-electron chi connectivity index (χ4n) is 4.03. The molecule has 1 aliphatic heterocycles. The Labute approximate surface area is 233 Å². The van der Waals surface area contributed by atoms with Crippen LogP contribution in [0.4, 0.5) is 0 Å². The van der Waals surface area contributed by atoms with E-state index in [0.717, 1.165) is 6.26 Å². The first-order valence-corrected chi connectivity index (χ1v) is 13.4. The molecule has 0 atom stereocenters. The molecular weight excluding hydrogens is 580 g/mol. The van der Waals surface area contributed by atoms with Gasteiger partial charge in [-0.2, -0.15) is 8.42 Å². The van der Waals surface area contributed by atoms with Crippen LogP contribution in [0.2, 0.25) is 0 Å². The van der Waals surface area contributed by atoms with Crippen molar-refractivity contribution in [1.29, 1.82) is 5.41 Å². The Kier molecular flexibility index (Phi) is 9.54. The number of ketones is 1. The number of carbonyl (C=O) groups excluding carboxylic acids is 2. The maximum atomic E-state index is 13.6. The third-order valence-electron chi connectivity index (χ3n) is 5.70. The van der Waals surface area contributed by atoms with Crippen molar-refractivity contribution < 1.29 is 31.7 Å². The molecule has 0 saturated carbocycles. The molecule has 1 aliphatic rings. The summed E-state index contributed by atoms with van der Waals surface area (Å²) in [6, 6.07) is 4.63. The second-order valence-corrected chi connectivity index (χ2v) is 11.1. The minimum absolute atomic E-state index is 0. The molecule has 11 nitrogen and oxygen atoms in total. The van der Waals surface area contributed by atoms with Crippen molar-refractivity contribution in [3.63, 3.8) is 0 Å². The number of nitrogens with zero attached hydrogens (tertiary/aromatic N) is 2. The lowest BCUT2D eigenvalue weighted by atomic mass is 9.82. The van der Waals surface area contributed by atoms with Gasteiger partial charge in [-0.25, -0.2) is 4.98 Å². The van der Waals surface area contributed by atoms with Crippen molar-refractivity contribution in [2.45, 2.75) is 39.7 Å². The van der Waals surface area contributed by atoms with E-state index >= 15 is 0 Å². The van der Waals surface area contributed by atoms with Crippen molar-refractivity contribution in [2.24, 2.45) is 0 Å². The fraction of sp³-hybridized carbons (Fsp3) is 0.440. The summed E-state index contributed by atoms with van der Waals surface area (Å²) in [5, 5.41) is 11.1. The number of rotatable bonds is 9. The van der Waals surface area contributed by atoms with Crippen LogP contribution in [0.1, 0.15) is 65.4 Å². The summed E-state index contributed by atoms with van der Waals surface area (Å²) < 4.78 is 39.6. The molecule has 1 aromatic carbocycles. The van der Waals surface area contributed by atoms with Gasteiger partial charge >= 0.3 is 10.1 Å². The number of nitrogens with one attached hydrogen (secondary N) is 2. The van der Waals surface area contributed by atoms with Crippen molar-refractivity contribution in [3.8, 4) is 17.2 Å². The van der Waals surface area contributed by atoms with Crippen LogP contribution < -0.4 is 19.0 Å². The average Bonchev–Trinajstić information content (AvgIpc) is 3.10. The molecule has 0 unspecified atom stereocenters. The quantitative estimate of drug-likeness (QED) is 0.322. The number of pyridine rings is 1. The van der Waals surface area contributed by atoms with Crippen molar-refractivity contribution in [2.75, 3.05) is 33.6 Å². The van der Waals surface area contributed by atoms with Crippen LogP contribution in [0.5, 0.6) is 17.2 Å². The van der Waals surface area contributed by atoms with Crippen molar-refractivity contribution in [3.05, 3.63) is 46.3 Å². The molecule has 0 aliphatic carbocycles. The molecule has 208 valence electrons. The number of amidine groups is 1. The lowest BCUT2D eigenvalue weighted by molar-refractivity contribution is 0.0948. The van der Waals surface area contributed by atoms with Gasteiger partial charge in [-0.15, -0.1) is 17.0 Å². The van der Waals surface area contributed by atoms with Gasteiger partial charge in [0, 0.05) is 24.7 Å². The summed E-state index contributed by atoms with van der Waals surface area (Å²) in [7, 11) is -1.01. The molecule has 0 fully saturated rings. The highest BCUT2D eigenvalue weighted by atomic mass is 79.9. The smallest absolute Gasteiger partial charge is 0.306 e. The first kappa shape index (κ1) is 31.0. The first-order valence-electron chi connectivity index (χ1n) is 11.6. The van der Waals surface area contributed by atoms with Gasteiger partial charge in [0.1, 0.15) is 11.5 Å². The first-order chi connectivity index (χ1) is 17.2. The predicted octanol–water partition coefficient (Wildman–Crippen LogP) is 3.09. The molecule has 0 saturated heterocycles. The van der Waals surface area contributed by atoms with Gasteiger partial charge in [0.25, 0.3) is 5.91 Å². The lowest BCUT2D eigenvalue weighted by Crippen LogP contribution is -2.32. The number of ether oxygens (including phenoxy) is 2. The fourth-order valence-corrected chi connectivity index (χ4v) is 4.49. The zero-order chi connectivity index (χ0) is 27.7. The van der Waals surface area contributed by atoms with Crippen molar-refractivity contribution in [1.82, 2.24) is 15.2 Å². The number of aromatic nitrogens is 1. The Bertz CT molecular complexity index is 1370. The maximum absolute atomic E-state index is 13.6.